The van der Waals surface area contributed by atoms with Gasteiger partial charge in [-0.2, -0.15) is 0 Å². The Morgan fingerprint density at radius 1 is 0.583 bits per heavy atom. The minimum Gasteiger partial charge on any atom is -0.494 e. The molecule has 250 valence electrons. The highest BCUT2D eigenvalue weighted by molar-refractivity contribution is 5.80. The SMILES string of the molecule is CCCc1cc(CCC)cc(-c2ccc(-c3nnc(-c4ccc(-c5nc(CCC)cc(CCC)n5)cc4C)c(OC)c3CO)c(C)c2)c1. The van der Waals surface area contributed by atoms with Crippen LogP contribution in [0.5, 0.6) is 5.75 Å². The molecule has 1 N–H and O–H groups in total. The quantitative estimate of drug-likeness (QED) is 0.130. The molecule has 0 spiro atoms. The molecule has 48 heavy (non-hydrogen) atoms. The van der Waals surface area contributed by atoms with E-state index in [-0.39, 0.29) is 6.61 Å². The molecule has 6 heteroatoms. The third-order valence-electron chi connectivity index (χ3n) is 8.92. The lowest BCUT2D eigenvalue weighted by molar-refractivity contribution is 0.273. The molecule has 5 aromatic rings. The number of benzene rings is 3. The van der Waals surface area contributed by atoms with Crippen LogP contribution in [0.2, 0.25) is 0 Å². The fourth-order valence-corrected chi connectivity index (χ4v) is 6.64. The van der Waals surface area contributed by atoms with Gasteiger partial charge in [-0.1, -0.05) is 102 Å². The second-order valence-corrected chi connectivity index (χ2v) is 12.8. The maximum Gasteiger partial charge on any atom is 0.159 e. The van der Waals surface area contributed by atoms with Crippen molar-refractivity contribution in [3.63, 3.8) is 0 Å². The molecule has 0 bridgehead atoms. The number of aliphatic hydroxyl groups is 1. The molecule has 0 radical (unpaired) electrons. The Balaban J connectivity index is 1.52. The first kappa shape index (κ1) is 34.9. The Hall–Kier alpha value is -4.42. The number of hydrogen-bond donors (Lipinski definition) is 1. The summed E-state index contributed by atoms with van der Waals surface area (Å²) < 4.78 is 5.96. The molecule has 2 heterocycles. The second kappa shape index (κ2) is 16.1. The van der Waals surface area contributed by atoms with Crippen LogP contribution in [0, 0.1) is 13.8 Å². The van der Waals surface area contributed by atoms with E-state index in [1.807, 2.05) is 12.1 Å². The number of aryl methyl sites for hydroxylation is 6. The van der Waals surface area contributed by atoms with Crippen molar-refractivity contribution in [2.45, 2.75) is 99.5 Å². The molecule has 0 fully saturated rings. The molecule has 5 rings (SSSR count). The van der Waals surface area contributed by atoms with Crippen LogP contribution >= 0.6 is 0 Å². The van der Waals surface area contributed by atoms with Crippen LogP contribution in [0.3, 0.4) is 0 Å². The van der Waals surface area contributed by atoms with E-state index in [0.29, 0.717) is 22.7 Å². The summed E-state index contributed by atoms with van der Waals surface area (Å²) in [5, 5.41) is 20.1. The number of hydrogen-bond acceptors (Lipinski definition) is 6. The van der Waals surface area contributed by atoms with Gasteiger partial charge in [0.15, 0.2) is 11.6 Å². The van der Waals surface area contributed by atoms with Gasteiger partial charge in [0, 0.05) is 33.6 Å². The molecule has 0 aliphatic heterocycles. The molecule has 0 aliphatic rings. The molecular weight excluding hydrogens is 592 g/mol. The number of aromatic nitrogens is 4. The third kappa shape index (κ3) is 7.65. The van der Waals surface area contributed by atoms with Gasteiger partial charge in [-0.25, -0.2) is 9.97 Å². The highest BCUT2D eigenvalue weighted by atomic mass is 16.5. The second-order valence-electron chi connectivity index (χ2n) is 12.8. The molecule has 6 nitrogen and oxygen atoms in total. The predicted molar refractivity (Wildman–Crippen MR) is 197 cm³/mol. The summed E-state index contributed by atoms with van der Waals surface area (Å²) in [4.78, 5) is 9.77. The van der Waals surface area contributed by atoms with Crippen molar-refractivity contribution < 1.29 is 9.84 Å². The van der Waals surface area contributed by atoms with Gasteiger partial charge < -0.3 is 9.84 Å². The number of aliphatic hydroxyl groups excluding tert-OH is 1. The molecule has 0 atom stereocenters. The van der Waals surface area contributed by atoms with Crippen LogP contribution in [0.4, 0.5) is 0 Å². The van der Waals surface area contributed by atoms with Crippen LogP contribution in [0.15, 0.2) is 60.7 Å². The molecule has 0 aliphatic carbocycles. The fourth-order valence-electron chi connectivity index (χ4n) is 6.64. The van der Waals surface area contributed by atoms with E-state index in [0.717, 1.165) is 96.4 Å². The van der Waals surface area contributed by atoms with Gasteiger partial charge in [-0.3, -0.25) is 0 Å². The van der Waals surface area contributed by atoms with E-state index >= 15 is 0 Å². The lowest BCUT2D eigenvalue weighted by atomic mass is 9.92. The van der Waals surface area contributed by atoms with Crippen LogP contribution < -0.4 is 4.74 Å². The van der Waals surface area contributed by atoms with Crippen LogP contribution in [0.25, 0.3) is 45.0 Å². The lowest BCUT2D eigenvalue weighted by Gasteiger charge is -2.18. The molecule has 2 aromatic heterocycles. The molecule has 3 aromatic carbocycles. The first-order chi connectivity index (χ1) is 23.3. The van der Waals surface area contributed by atoms with Gasteiger partial charge >= 0.3 is 0 Å². The Bertz CT molecular complexity index is 1700. The summed E-state index contributed by atoms with van der Waals surface area (Å²) in [6, 6.07) is 21.8. The molecule has 0 unspecified atom stereocenters. The zero-order valence-electron chi connectivity index (χ0n) is 29.8. The minimum atomic E-state index is -0.225. The van der Waals surface area contributed by atoms with Crippen molar-refractivity contribution in [1.29, 1.82) is 0 Å². The maximum absolute atomic E-state index is 10.7. The van der Waals surface area contributed by atoms with Gasteiger partial charge in [0.05, 0.1) is 13.7 Å². The Labute approximate surface area is 286 Å². The normalized spacial score (nSPS) is 11.2. The van der Waals surface area contributed by atoms with E-state index in [1.165, 1.54) is 22.3 Å². The first-order valence-electron chi connectivity index (χ1n) is 17.6. The van der Waals surface area contributed by atoms with Crippen molar-refractivity contribution in [1.82, 2.24) is 20.2 Å². The van der Waals surface area contributed by atoms with E-state index < -0.39 is 0 Å². The van der Waals surface area contributed by atoms with E-state index in [2.05, 4.69) is 90.1 Å². The minimum absolute atomic E-state index is 0.225. The highest BCUT2D eigenvalue weighted by Crippen LogP contribution is 2.39. The zero-order valence-corrected chi connectivity index (χ0v) is 29.8. The molecule has 0 saturated carbocycles. The largest absolute Gasteiger partial charge is 0.494 e. The van der Waals surface area contributed by atoms with Gasteiger partial charge in [0.1, 0.15) is 11.4 Å². The van der Waals surface area contributed by atoms with E-state index in [4.69, 9.17) is 24.9 Å². The van der Waals surface area contributed by atoms with E-state index in [1.54, 1.807) is 7.11 Å². The van der Waals surface area contributed by atoms with Gasteiger partial charge in [-0.15, -0.1) is 10.2 Å². The Morgan fingerprint density at radius 3 is 1.62 bits per heavy atom. The summed E-state index contributed by atoms with van der Waals surface area (Å²) in [5.74, 6) is 1.28. The maximum atomic E-state index is 10.7. The molecule has 0 saturated heterocycles. The topological polar surface area (TPSA) is 81.0 Å². The summed E-state index contributed by atoms with van der Waals surface area (Å²) in [5.41, 5.74) is 14.1. The third-order valence-corrected chi connectivity index (χ3v) is 8.92. The Morgan fingerprint density at radius 2 is 1.10 bits per heavy atom. The molecular formula is C42H50N4O2. The lowest BCUT2D eigenvalue weighted by Crippen LogP contribution is -2.05. The van der Waals surface area contributed by atoms with Crippen molar-refractivity contribution in [2.75, 3.05) is 7.11 Å². The van der Waals surface area contributed by atoms with Crippen molar-refractivity contribution in [3.05, 3.63) is 99.9 Å². The summed E-state index contributed by atoms with van der Waals surface area (Å²) in [6.07, 6.45) is 8.34. The predicted octanol–water partition coefficient (Wildman–Crippen LogP) is 9.86. The summed E-state index contributed by atoms with van der Waals surface area (Å²) in [6.45, 7) is 12.7. The van der Waals surface area contributed by atoms with E-state index in [9.17, 15) is 5.11 Å². The first-order valence-corrected chi connectivity index (χ1v) is 17.6. The number of ether oxygens (including phenoxy) is 1. The summed E-state index contributed by atoms with van der Waals surface area (Å²) >= 11 is 0. The number of rotatable bonds is 14. The number of nitrogens with zero attached hydrogens (tertiary/aromatic N) is 4. The number of methoxy groups -OCH3 is 1. The van der Waals surface area contributed by atoms with Crippen LogP contribution in [-0.2, 0) is 32.3 Å². The van der Waals surface area contributed by atoms with Crippen molar-refractivity contribution >= 4 is 0 Å². The monoisotopic (exact) mass is 642 g/mol. The zero-order chi connectivity index (χ0) is 34.2. The average molecular weight is 643 g/mol. The highest BCUT2D eigenvalue weighted by Gasteiger charge is 2.22. The van der Waals surface area contributed by atoms with Gasteiger partial charge in [-0.05, 0) is 85.0 Å². The summed E-state index contributed by atoms with van der Waals surface area (Å²) in [7, 11) is 1.63. The standard InChI is InChI=1S/C42H50N4O2/c1-8-12-29-22-30(13-9-2)24-33(23-29)31-16-18-36(27(5)20-31)39-38(26-47)41(48-7)40(46-45-39)37-19-17-32(21-28(37)6)42-43-34(14-10-3)25-35(44-42)15-11-4/h16-25,47H,8-15,26H2,1-7H3. The molecule has 0 amide bonds. The average Bonchev–Trinajstić information content (AvgIpc) is 3.08. The van der Waals surface area contributed by atoms with Crippen LogP contribution in [0.1, 0.15) is 92.6 Å². The van der Waals surface area contributed by atoms with Gasteiger partial charge in [0.25, 0.3) is 0 Å². The smallest absolute Gasteiger partial charge is 0.159 e. The van der Waals surface area contributed by atoms with Crippen molar-refractivity contribution in [2.24, 2.45) is 0 Å². The van der Waals surface area contributed by atoms with Crippen LogP contribution in [-0.4, -0.2) is 32.4 Å². The van der Waals surface area contributed by atoms with Gasteiger partial charge in [0.2, 0.25) is 0 Å². The fraction of sp³-hybridized carbons (Fsp3) is 0.381. The Kier molecular flexibility index (Phi) is 11.7. The van der Waals surface area contributed by atoms with Crippen molar-refractivity contribution in [3.8, 4) is 50.8 Å².